The van der Waals surface area contributed by atoms with Crippen molar-refractivity contribution in [1.82, 2.24) is 0 Å². The van der Waals surface area contributed by atoms with Crippen molar-refractivity contribution in [1.29, 1.82) is 0 Å². The van der Waals surface area contributed by atoms with Gasteiger partial charge in [0.05, 0.1) is 12.2 Å². The van der Waals surface area contributed by atoms with E-state index in [2.05, 4.69) is 5.32 Å². The summed E-state index contributed by atoms with van der Waals surface area (Å²) in [6.45, 7) is 2.35. The van der Waals surface area contributed by atoms with Crippen LogP contribution in [0.5, 0.6) is 0 Å². The van der Waals surface area contributed by atoms with Crippen molar-refractivity contribution in [2.75, 3.05) is 11.9 Å². The van der Waals surface area contributed by atoms with Gasteiger partial charge in [0.25, 0.3) is 0 Å². The third kappa shape index (κ3) is 4.27. The largest absolute Gasteiger partial charge is 0.462 e. The van der Waals surface area contributed by atoms with Crippen molar-refractivity contribution in [3.8, 4) is 0 Å². The van der Waals surface area contributed by atoms with Crippen LogP contribution in [-0.4, -0.2) is 12.6 Å². The summed E-state index contributed by atoms with van der Waals surface area (Å²) < 4.78 is 31.0. The van der Waals surface area contributed by atoms with Crippen LogP contribution >= 0.6 is 0 Å². The number of carbonyl (C=O) groups is 1. The molecule has 0 fully saturated rings. The van der Waals surface area contributed by atoms with Crippen LogP contribution in [0.2, 0.25) is 0 Å². The Bertz CT molecular complexity index is 606. The zero-order valence-electron chi connectivity index (χ0n) is 11.5. The highest BCUT2D eigenvalue weighted by Gasteiger charge is 2.05. The van der Waals surface area contributed by atoms with Gasteiger partial charge in [0, 0.05) is 18.3 Å². The molecule has 1 N–H and O–H groups in total. The minimum atomic E-state index is -0.607. The number of hydrogen-bond acceptors (Lipinski definition) is 3. The standard InChI is InChI=1S/C16H15F2NO2/c1-2-21-16(20)12-3-5-15(6-4-12)19-10-11-7-13(17)9-14(18)8-11/h3-9,19H,2,10H2,1H3. The van der Waals surface area contributed by atoms with Gasteiger partial charge in [-0.1, -0.05) is 0 Å². The summed E-state index contributed by atoms with van der Waals surface area (Å²) in [6, 6.07) is 10.0. The first-order valence-electron chi connectivity index (χ1n) is 6.54. The maximum absolute atomic E-state index is 13.0. The predicted molar refractivity (Wildman–Crippen MR) is 76.1 cm³/mol. The fraction of sp³-hybridized carbons (Fsp3) is 0.188. The van der Waals surface area contributed by atoms with E-state index in [1.165, 1.54) is 12.1 Å². The van der Waals surface area contributed by atoms with Gasteiger partial charge in [-0.15, -0.1) is 0 Å². The van der Waals surface area contributed by atoms with Crippen LogP contribution in [-0.2, 0) is 11.3 Å². The first-order chi connectivity index (χ1) is 10.1. The molecule has 0 aliphatic rings. The van der Waals surface area contributed by atoms with E-state index in [0.717, 1.165) is 11.8 Å². The number of halogens is 2. The monoisotopic (exact) mass is 291 g/mol. The van der Waals surface area contributed by atoms with Crippen LogP contribution in [0.15, 0.2) is 42.5 Å². The number of carbonyl (C=O) groups excluding carboxylic acids is 1. The summed E-state index contributed by atoms with van der Waals surface area (Å²) in [5.74, 6) is -1.59. The van der Waals surface area contributed by atoms with Crippen LogP contribution in [0.4, 0.5) is 14.5 Å². The van der Waals surface area contributed by atoms with E-state index in [9.17, 15) is 13.6 Å². The van der Waals surface area contributed by atoms with Crippen LogP contribution in [0, 0.1) is 11.6 Å². The smallest absolute Gasteiger partial charge is 0.338 e. The minimum absolute atomic E-state index is 0.285. The molecule has 0 unspecified atom stereocenters. The number of esters is 1. The van der Waals surface area contributed by atoms with E-state index in [-0.39, 0.29) is 12.5 Å². The fourth-order valence-electron chi connectivity index (χ4n) is 1.86. The molecule has 5 heteroatoms. The summed E-state index contributed by atoms with van der Waals surface area (Å²) in [5.41, 5.74) is 1.70. The molecule has 2 rings (SSSR count). The fourth-order valence-corrected chi connectivity index (χ4v) is 1.86. The van der Waals surface area contributed by atoms with Crippen LogP contribution in [0.25, 0.3) is 0 Å². The molecular formula is C16H15F2NO2. The van der Waals surface area contributed by atoms with Gasteiger partial charge in [-0.05, 0) is 48.9 Å². The molecule has 0 aromatic heterocycles. The molecule has 0 aliphatic heterocycles. The first kappa shape index (κ1) is 15.0. The Hall–Kier alpha value is -2.43. The molecule has 0 radical (unpaired) electrons. The molecule has 0 amide bonds. The van der Waals surface area contributed by atoms with Gasteiger partial charge in [-0.3, -0.25) is 0 Å². The third-order valence-corrected chi connectivity index (χ3v) is 2.82. The minimum Gasteiger partial charge on any atom is -0.462 e. The summed E-state index contributed by atoms with van der Waals surface area (Å²) >= 11 is 0. The number of nitrogens with one attached hydrogen (secondary N) is 1. The Morgan fingerprint density at radius 2 is 1.71 bits per heavy atom. The molecule has 0 bridgehead atoms. The van der Waals surface area contributed by atoms with Crippen molar-refractivity contribution in [3.05, 3.63) is 65.2 Å². The van der Waals surface area contributed by atoms with E-state index in [1.54, 1.807) is 31.2 Å². The topological polar surface area (TPSA) is 38.3 Å². The lowest BCUT2D eigenvalue weighted by Gasteiger charge is -2.08. The van der Waals surface area contributed by atoms with Gasteiger partial charge in [0.15, 0.2) is 0 Å². The molecule has 3 nitrogen and oxygen atoms in total. The molecule has 0 saturated heterocycles. The number of hydrogen-bond donors (Lipinski definition) is 1. The number of benzene rings is 2. The lowest BCUT2D eigenvalue weighted by atomic mass is 10.2. The van der Waals surface area contributed by atoms with Gasteiger partial charge >= 0.3 is 5.97 Å². The molecular weight excluding hydrogens is 276 g/mol. The average Bonchev–Trinajstić information content (AvgIpc) is 2.45. The van der Waals surface area contributed by atoms with Gasteiger partial charge in [-0.2, -0.15) is 0 Å². The van der Waals surface area contributed by atoms with E-state index in [4.69, 9.17) is 4.74 Å². The molecule has 0 saturated carbocycles. The quantitative estimate of drug-likeness (QED) is 0.853. The SMILES string of the molecule is CCOC(=O)c1ccc(NCc2cc(F)cc(F)c2)cc1. The Balaban J connectivity index is 1.99. The van der Waals surface area contributed by atoms with Crippen molar-refractivity contribution >= 4 is 11.7 Å². The normalized spacial score (nSPS) is 10.2. The predicted octanol–water partition coefficient (Wildman–Crippen LogP) is 3.75. The lowest BCUT2D eigenvalue weighted by molar-refractivity contribution is 0.0526. The van der Waals surface area contributed by atoms with Crippen molar-refractivity contribution in [3.63, 3.8) is 0 Å². The Labute approximate surface area is 121 Å². The number of ether oxygens (including phenoxy) is 1. The maximum atomic E-state index is 13.0. The Morgan fingerprint density at radius 1 is 1.10 bits per heavy atom. The molecule has 0 atom stereocenters. The van der Waals surface area contributed by atoms with Crippen LogP contribution in [0.1, 0.15) is 22.8 Å². The summed E-state index contributed by atoms with van der Waals surface area (Å²) in [4.78, 5) is 11.5. The molecule has 110 valence electrons. The van der Waals surface area contributed by atoms with Crippen molar-refractivity contribution < 1.29 is 18.3 Å². The zero-order chi connectivity index (χ0) is 15.2. The molecule has 0 heterocycles. The number of rotatable bonds is 5. The molecule has 21 heavy (non-hydrogen) atoms. The number of anilines is 1. The average molecular weight is 291 g/mol. The van der Waals surface area contributed by atoms with Crippen LogP contribution < -0.4 is 5.32 Å². The summed E-state index contributed by atoms with van der Waals surface area (Å²) in [6.07, 6.45) is 0. The molecule has 2 aromatic rings. The second-order valence-electron chi connectivity index (χ2n) is 4.43. The van der Waals surface area contributed by atoms with Gasteiger partial charge < -0.3 is 10.1 Å². The van der Waals surface area contributed by atoms with Gasteiger partial charge in [-0.25, -0.2) is 13.6 Å². The van der Waals surface area contributed by atoms with Crippen molar-refractivity contribution in [2.45, 2.75) is 13.5 Å². The highest BCUT2D eigenvalue weighted by molar-refractivity contribution is 5.89. The summed E-state index contributed by atoms with van der Waals surface area (Å²) in [5, 5.41) is 3.03. The van der Waals surface area contributed by atoms with E-state index >= 15 is 0 Å². The second kappa shape index (κ2) is 6.83. The van der Waals surface area contributed by atoms with E-state index in [0.29, 0.717) is 17.7 Å². The third-order valence-electron chi connectivity index (χ3n) is 2.82. The second-order valence-corrected chi connectivity index (χ2v) is 4.43. The Kier molecular flexibility index (Phi) is 4.87. The van der Waals surface area contributed by atoms with Crippen LogP contribution in [0.3, 0.4) is 0 Å². The molecule has 0 spiro atoms. The molecule has 2 aromatic carbocycles. The van der Waals surface area contributed by atoms with Crippen molar-refractivity contribution in [2.24, 2.45) is 0 Å². The zero-order valence-corrected chi connectivity index (χ0v) is 11.5. The van der Waals surface area contributed by atoms with E-state index < -0.39 is 11.6 Å². The Morgan fingerprint density at radius 3 is 2.29 bits per heavy atom. The highest BCUT2D eigenvalue weighted by Crippen LogP contribution is 2.13. The maximum Gasteiger partial charge on any atom is 0.338 e. The molecule has 0 aliphatic carbocycles. The van der Waals surface area contributed by atoms with E-state index in [1.807, 2.05) is 0 Å². The highest BCUT2D eigenvalue weighted by atomic mass is 19.1. The van der Waals surface area contributed by atoms with Gasteiger partial charge in [0.1, 0.15) is 11.6 Å². The first-order valence-corrected chi connectivity index (χ1v) is 6.54. The summed E-state index contributed by atoms with van der Waals surface area (Å²) in [7, 11) is 0. The lowest BCUT2D eigenvalue weighted by Crippen LogP contribution is -2.05. The van der Waals surface area contributed by atoms with Gasteiger partial charge in [0.2, 0.25) is 0 Å².